The number of nitrogens with one attached hydrogen (secondary N) is 3. The maximum absolute atomic E-state index is 11.2. The molecule has 1 aliphatic heterocycles. The van der Waals surface area contributed by atoms with E-state index in [1.54, 1.807) is 12.4 Å². The smallest absolute Gasteiger partial charge is 0.254 e. The molecule has 1 saturated heterocycles. The molecule has 0 spiro atoms. The highest BCUT2D eigenvalue weighted by atomic mass is 35.5. The normalized spacial score (nSPS) is 24.6. The van der Waals surface area contributed by atoms with E-state index in [1.807, 2.05) is 18.2 Å². The average Bonchev–Trinajstić information content (AvgIpc) is 2.36. The van der Waals surface area contributed by atoms with Gasteiger partial charge in [0.15, 0.2) is 0 Å². The molecule has 0 bridgehead atoms. The Morgan fingerprint density at radius 3 is 3.24 bits per heavy atom. The van der Waals surface area contributed by atoms with Gasteiger partial charge in [-0.15, -0.1) is 11.6 Å². The van der Waals surface area contributed by atoms with Gasteiger partial charge in [-0.05, 0) is 12.1 Å². The Bertz CT molecular complexity index is 410. The van der Waals surface area contributed by atoms with Crippen LogP contribution in [0.3, 0.4) is 0 Å². The molecule has 0 radical (unpaired) electrons. The third-order valence-corrected chi connectivity index (χ3v) is 2.76. The summed E-state index contributed by atoms with van der Waals surface area (Å²) in [5.41, 5.74) is 8.73. The molecule has 1 aliphatic rings. The first-order chi connectivity index (χ1) is 8.27. The molecule has 1 amide bonds. The van der Waals surface area contributed by atoms with E-state index < -0.39 is 5.38 Å². The van der Waals surface area contributed by atoms with Crippen LogP contribution >= 0.6 is 11.6 Å². The van der Waals surface area contributed by atoms with Crippen molar-refractivity contribution in [2.45, 2.75) is 11.4 Å². The van der Waals surface area contributed by atoms with Gasteiger partial charge >= 0.3 is 0 Å². The van der Waals surface area contributed by atoms with Crippen LogP contribution in [0.1, 0.15) is 5.69 Å². The first-order valence-electron chi connectivity index (χ1n) is 5.14. The van der Waals surface area contributed by atoms with E-state index >= 15 is 0 Å². The van der Waals surface area contributed by atoms with Crippen molar-refractivity contribution in [3.63, 3.8) is 0 Å². The molecule has 90 valence electrons. The number of pyridine rings is 1. The minimum absolute atomic E-state index is 0.245. The topological polar surface area (TPSA) is 78.4 Å². The van der Waals surface area contributed by atoms with Crippen molar-refractivity contribution in [2.75, 3.05) is 6.54 Å². The molecule has 2 atom stereocenters. The fourth-order valence-electron chi connectivity index (χ4n) is 1.37. The lowest BCUT2D eigenvalue weighted by molar-refractivity contribution is -0.123. The number of hydrogen-bond donors (Lipinski definition) is 3. The highest BCUT2D eigenvalue weighted by molar-refractivity contribution is 6.31. The summed E-state index contributed by atoms with van der Waals surface area (Å²) >= 11 is 5.91. The molecule has 3 N–H and O–H groups in total. The summed E-state index contributed by atoms with van der Waals surface area (Å²) in [4.78, 5) is 15.3. The number of alkyl halides is 1. The van der Waals surface area contributed by atoms with E-state index in [2.05, 4.69) is 26.4 Å². The molecular formula is C10H12ClN5O. The molecule has 17 heavy (non-hydrogen) atoms. The molecule has 0 aliphatic carbocycles. The molecule has 1 aromatic rings. The number of carbonyl (C=O) groups excluding carboxylic acids is 1. The number of hydrogen-bond acceptors (Lipinski definition) is 5. The number of hydrazine groups is 1. The lowest BCUT2D eigenvalue weighted by atomic mass is 10.2. The van der Waals surface area contributed by atoms with Crippen LogP contribution in [0.25, 0.3) is 0 Å². The average molecular weight is 254 g/mol. The monoisotopic (exact) mass is 253 g/mol. The predicted octanol–water partition coefficient (Wildman–Crippen LogP) is -0.384. The fraction of sp³-hybridized carbons (Fsp3) is 0.300. The minimum atomic E-state index is -0.642. The van der Waals surface area contributed by atoms with Crippen LogP contribution in [0.4, 0.5) is 0 Å². The highest BCUT2D eigenvalue weighted by Gasteiger charge is 2.29. The van der Waals surface area contributed by atoms with Crippen LogP contribution < -0.4 is 16.3 Å². The van der Waals surface area contributed by atoms with Gasteiger partial charge in [0.2, 0.25) is 0 Å². The second-order valence-corrected chi connectivity index (χ2v) is 3.99. The van der Waals surface area contributed by atoms with Crippen LogP contribution in [-0.2, 0) is 4.79 Å². The van der Waals surface area contributed by atoms with Crippen molar-refractivity contribution >= 4 is 23.7 Å². The summed E-state index contributed by atoms with van der Waals surface area (Å²) in [7, 11) is 0. The quantitative estimate of drug-likeness (QED) is 0.390. The maximum atomic E-state index is 11.2. The van der Waals surface area contributed by atoms with Crippen LogP contribution in [0, 0.1) is 0 Å². The molecule has 2 rings (SSSR count). The molecule has 2 unspecified atom stereocenters. The van der Waals surface area contributed by atoms with E-state index in [0.29, 0.717) is 6.54 Å². The number of halogens is 1. The first kappa shape index (κ1) is 11.8. The Labute approximate surface area is 103 Å². The summed E-state index contributed by atoms with van der Waals surface area (Å²) in [6, 6.07) is 5.28. The molecule has 1 aromatic heterocycles. The third-order valence-electron chi connectivity index (χ3n) is 2.26. The van der Waals surface area contributed by atoms with Crippen molar-refractivity contribution in [3.05, 3.63) is 30.1 Å². The van der Waals surface area contributed by atoms with Crippen molar-refractivity contribution in [1.29, 1.82) is 0 Å². The van der Waals surface area contributed by atoms with Gasteiger partial charge in [-0.25, -0.2) is 5.43 Å². The Morgan fingerprint density at radius 1 is 1.59 bits per heavy atom. The van der Waals surface area contributed by atoms with Gasteiger partial charge in [-0.1, -0.05) is 6.07 Å². The number of hydrazone groups is 1. The van der Waals surface area contributed by atoms with Gasteiger partial charge in [0, 0.05) is 12.7 Å². The van der Waals surface area contributed by atoms with Crippen molar-refractivity contribution in [1.82, 2.24) is 21.3 Å². The highest BCUT2D eigenvalue weighted by Crippen LogP contribution is 2.05. The second kappa shape index (κ2) is 5.60. The van der Waals surface area contributed by atoms with Gasteiger partial charge in [0.1, 0.15) is 5.38 Å². The lowest BCUT2D eigenvalue weighted by Gasteiger charge is -2.26. The summed E-state index contributed by atoms with van der Waals surface area (Å²) < 4.78 is 0. The van der Waals surface area contributed by atoms with Crippen molar-refractivity contribution < 1.29 is 4.79 Å². The van der Waals surface area contributed by atoms with Crippen LogP contribution in [0.15, 0.2) is 29.5 Å². The van der Waals surface area contributed by atoms with Gasteiger partial charge < -0.3 is 5.43 Å². The Hall–Kier alpha value is -1.66. The van der Waals surface area contributed by atoms with Gasteiger partial charge in [0.05, 0.1) is 18.0 Å². The van der Waals surface area contributed by atoms with Crippen molar-refractivity contribution in [2.24, 2.45) is 5.10 Å². The lowest BCUT2D eigenvalue weighted by Crippen LogP contribution is -2.59. The van der Waals surface area contributed by atoms with Gasteiger partial charge in [0.25, 0.3) is 5.91 Å². The SMILES string of the molecule is O=C1NNCC(N/N=C\c2ccccn2)C1Cl. The Morgan fingerprint density at radius 2 is 2.47 bits per heavy atom. The van der Waals surface area contributed by atoms with E-state index in [1.165, 1.54) is 0 Å². The minimum Gasteiger partial charge on any atom is -0.304 e. The van der Waals surface area contributed by atoms with Crippen LogP contribution in [-0.4, -0.2) is 35.1 Å². The Kier molecular flexibility index (Phi) is 3.89. The number of carbonyl (C=O) groups is 1. The number of amides is 1. The second-order valence-electron chi connectivity index (χ2n) is 3.52. The maximum Gasteiger partial charge on any atom is 0.254 e. The fourth-order valence-corrected chi connectivity index (χ4v) is 1.57. The summed E-state index contributed by atoms with van der Waals surface area (Å²) in [5.74, 6) is -0.261. The standard InChI is InChI=1S/C10H12ClN5O/c11-9-8(6-14-16-10(9)17)15-13-5-7-3-1-2-4-12-7/h1-5,8-9,14-15H,6H2,(H,16,17)/b13-5-. The number of rotatable bonds is 3. The molecular weight excluding hydrogens is 242 g/mol. The van der Waals surface area contributed by atoms with Crippen LogP contribution in [0.2, 0.25) is 0 Å². The first-order valence-corrected chi connectivity index (χ1v) is 5.57. The molecule has 0 aromatic carbocycles. The number of aromatic nitrogens is 1. The molecule has 1 fully saturated rings. The molecule has 0 saturated carbocycles. The van der Waals surface area contributed by atoms with E-state index in [0.717, 1.165) is 5.69 Å². The van der Waals surface area contributed by atoms with Gasteiger partial charge in [-0.2, -0.15) is 5.10 Å². The van der Waals surface area contributed by atoms with Crippen molar-refractivity contribution in [3.8, 4) is 0 Å². The zero-order valence-corrected chi connectivity index (χ0v) is 9.69. The van der Waals surface area contributed by atoms with Gasteiger partial charge in [-0.3, -0.25) is 15.2 Å². The molecule has 7 heteroatoms. The van der Waals surface area contributed by atoms with E-state index in [4.69, 9.17) is 11.6 Å². The molecule has 2 heterocycles. The Balaban J connectivity index is 1.89. The molecule has 6 nitrogen and oxygen atoms in total. The predicted molar refractivity (Wildman–Crippen MR) is 64.5 cm³/mol. The summed E-state index contributed by atoms with van der Waals surface area (Å²) in [6.07, 6.45) is 3.26. The summed E-state index contributed by atoms with van der Waals surface area (Å²) in [6.45, 7) is 0.513. The zero-order valence-electron chi connectivity index (χ0n) is 8.93. The number of nitrogens with zero attached hydrogens (tertiary/aromatic N) is 2. The third kappa shape index (κ3) is 3.15. The largest absolute Gasteiger partial charge is 0.304 e. The van der Waals surface area contributed by atoms with E-state index in [-0.39, 0.29) is 11.9 Å². The zero-order chi connectivity index (χ0) is 12.1. The summed E-state index contributed by atoms with van der Waals surface area (Å²) in [5, 5.41) is 3.37. The van der Waals surface area contributed by atoms with E-state index in [9.17, 15) is 4.79 Å². The van der Waals surface area contributed by atoms with Crippen LogP contribution in [0.5, 0.6) is 0 Å².